The van der Waals surface area contributed by atoms with Gasteiger partial charge in [0.25, 0.3) is 0 Å². The molecule has 98 valence electrons. The summed E-state index contributed by atoms with van der Waals surface area (Å²) in [6.45, 7) is 5.74. The minimum absolute atomic E-state index is 0.0838. The molecule has 0 heterocycles. The fraction of sp³-hybridized carbons (Fsp3) is 0.353. The maximum atomic E-state index is 9.04. The van der Waals surface area contributed by atoms with Crippen molar-refractivity contribution in [3.63, 3.8) is 0 Å². The van der Waals surface area contributed by atoms with Crippen LogP contribution in [0, 0.1) is 23.2 Å². The van der Waals surface area contributed by atoms with E-state index in [-0.39, 0.29) is 5.92 Å². The molecular weight excluding hydrogens is 232 g/mol. The van der Waals surface area contributed by atoms with Crippen molar-refractivity contribution >= 4 is 10.8 Å². The second-order valence-electron chi connectivity index (χ2n) is 5.29. The molecule has 2 nitrogen and oxygen atoms in total. The summed E-state index contributed by atoms with van der Waals surface area (Å²) in [5.74, 6) is 0.481. The van der Waals surface area contributed by atoms with Gasteiger partial charge in [-0.2, -0.15) is 5.26 Å². The number of nitriles is 1. The predicted molar refractivity (Wildman–Crippen MR) is 79.6 cm³/mol. The van der Waals surface area contributed by atoms with E-state index in [2.05, 4.69) is 67.7 Å². The normalized spacial score (nSPS) is 12.5. The summed E-state index contributed by atoms with van der Waals surface area (Å²) in [5.41, 5.74) is 1.26. The van der Waals surface area contributed by atoms with Crippen LogP contribution in [0.15, 0.2) is 42.5 Å². The van der Waals surface area contributed by atoms with Crippen molar-refractivity contribution in [3.05, 3.63) is 48.0 Å². The van der Waals surface area contributed by atoms with Crippen LogP contribution in [0.1, 0.15) is 19.4 Å². The number of fused-ring (bicyclic) bond motifs is 1. The number of benzene rings is 2. The van der Waals surface area contributed by atoms with Gasteiger partial charge in [0, 0.05) is 13.1 Å². The Hall–Kier alpha value is -1.85. The molecule has 2 heteroatoms. The molecule has 1 unspecified atom stereocenters. The zero-order valence-corrected chi connectivity index (χ0v) is 11.6. The van der Waals surface area contributed by atoms with Crippen molar-refractivity contribution in [2.75, 3.05) is 6.54 Å². The fourth-order valence-corrected chi connectivity index (χ4v) is 2.15. The third-order valence-corrected chi connectivity index (χ3v) is 3.48. The third-order valence-electron chi connectivity index (χ3n) is 3.48. The first kappa shape index (κ1) is 13.6. The van der Waals surface area contributed by atoms with E-state index in [1.165, 1.54) is 16.3 Å². The monoisotopic (exact) mass is 252 g/mol. The zero-order valence-electron chi connectivity index (χ0n) is 11.6. The van der Waals surface area contributed by atoms with Crippen LogP contribution in [0.2, 0.25) is 0 Å². The molecule has 2 aromatic carbocycles. The summed E-state index contributed by atoms with van der Waals surface area (Å²) in [5, 5.41) is 15.0. The van der Waals surface area contributed by atoms with Crippen LogP contribution in [0.5, 0.6) is 0 Å². The van der Waals surface area contributed by atoms with Gasteiger partial charge in [-0.25, -0.2) is 0 Å². The van der Waals surface area contributed by atoms with Crippen LogP contribution in [-0.4, -0.2) is 6.54 Å². The molecular formula is C17H20N2. The highest BCUT2D eigenvalue weighted by atomic mass is 14.9. The number of hydrogen-bond donors (Lipinski definition) is 1. The summed E-state index contributed by atoms with van der Waals surface area (Å²) in [4.78, 5) is 0. The van der Waals surface area contributed by atoms with E-state index in [1.54, 1.807) is 0 Å². The Labute approximate surface area is 115 Å². The molecule has 0 amide bonds. The quantitative estimate of drug-likeness (QED) is 0.880. The Morgan fingerprint density at radius 2 is 1.84 bits per heavy atom. The molecule has 0 radical (unpaired) electrons. The second kappa shape index (κ2) is 6.36. The van der Waals surface area contributed by atoms with E-state index in [0.717, 1.165) is 13.1 Å². The Morgan fingerprint density at radius 1 is 1.11 bits per heavy atom. The van der Waals surface area contributed by atoms with E-state index in [4.69, 9.17) is 5.26 Å². The zero-order chi connectivity index (χ0) is 13.7. The molecule has 0 saturated heterocycles. The minimum Gasteiger partial charge on any atom is -0.311 e. The highest BCUT2D eigenvalue weighted by Gasteiger charge is 2.11. The summed E-state index contributed by atoms with van der Waals surface area (Å²) in [7, 11) is 0. The lowest BCUT2D eigenvalue weighted by atomic mass is 9.97. The fourth-order valence-electron chi connectivity index (χ4n) is 2.15. The van der Waals surface area contributed by atoms with Crippen molar-refractivity contribution in [1.29, 1.82) is 5.26 Å². The first-order chi connectivity index (χ1) is 9.20. The average Bonchev–Trinajstić information content (AvgIpc) is 2.43. The van der Waals surface area contributed by atoms with E-state index in [1.807, 2.05) is 0 Å². The summed E-state index contributed by atoms with van der Waals surface area (Å²) in [6.07, 6.45) is 0. The van der Waals surface area contributed by atoms with E-state index in [0.29, 0.717) is 5.92 Å². The van der Waals surface area contributed by atoms with Crippen LogP contribution in [0.3, 0.4) is 0 Å². The van der Waals surface area contributed by atoms with Gasteiger partial charge in [0.15, 0.2) is 0 Å². The number of rotatable bonds is 5. The van der Waals surface area contributed by atoms with Gasteiger partial charge in [0.2, 0.25) is 0 Å². The number of hydrogen-bond acceptors (Lipinski definition) is 2. The van der Waals surface area contributed by atoms with Crippen molar-refractivity contribution in [3.8, 4) is 6.07 Å². The lowest BCUT2D eigenvalue weighted by Gasteiger charge is -2.13. The van der Waals surface area contributed by atoms with Gasteiger partial charge in [0.1, 0.15) is 0 Å². The number of nitrogens with one attached hydrogen (secondary N) is 1. The highest BCUT2D eigenvalue weighted by Crippen LogP contribution is 2.15. The van der Waals surface area contributed by atoms with Gasteiger partial charge < -0.3 is 5.32 Å². The Balaban J connectivity index is 1.97. The van der Waals surface area contributed by atoms with Gasteiger partial charge in [-0.1, -0.05) is 50.2 Å². The molecule has 0 aliphatic rings. The largest absolute Gasteiger partial charge is 0.311 e. The first-order valence-corrected chi connectivity index (χ1v) is 6.78. The van der Waals surface area contributed by atoms with Crippen LogP contribution < -0.4 is 5.32 Å². The lowest BCUT2D eigenvalue weighted by molar-refractivity contribution is 0.442. The molecule has 0 aliphatic carbocycles. The van der Waals surface area contributed by atoms with E-state index in [9.17, 15) is 0 Å². The van der Waals surface area contributed by atoms with Crippen LogP contribution in [0.25, 0.3) is 10.8 Å². The second-order valence-corrected chi connectivity index (χ2v) is 5.29. The van der Waals surface area contributed by atoms with Gasteiger partial charge in [-0.3, -0.25) is 0 Å². The molecule has 0 saturated carbocycles. The molecule has 0 bridgehead atoms. The molecule has 19 heavy (non-hydrogen) atoms. The summed E-state index contributed by atoms with van der Waals surface area (Å²) in [6, 6.07) is 17.2. The van der Waals surface area contributed by atoms with Crippen LogP contribution >= 0.6 is 0 Å². The van der Waals surface area contributed by atoms with Crippen molar-refractivity contribution in [2.24, 2.45) is 11.8 Å². The molecule has 1 N–H and O–H groups in total. The van der Waals surface area contributed by atoms with Gasteiger partial charge in [0.05, 0.1) is 12.0 Å². The highest BCUT2D eigenvalue weighted by molar-refractivity contribution is 5.82. The lowest BCUT2D eigenvalue weighted by Crippen LogP contribution is -2.24. The standard InChI is InChI=1S/C17H20N2/c1-13(2)17(10-18)12-19-11-14-7-8-15-5-3-4-6-16(15)9-14/h3-9,13,17,19H,11-12H2,1-2H3. The third kappa shape index (κ3) is 3.56. The Bertz CT molecular complexity index is 581. The molecule has 2 rings (SSSR count). The molecule has 2 aromatic rings. The topological polar surface area (TPSA) is 35.8 Å². The Morgan fingerprint density at radius 3 is 2.53 bits per heavy atom. The van der Waals surface area contributed by atoms with Gasteiger partial charge >= 0.3 is 0 Å². The van der Waals surface area contributed by atoms with Crippen LogP contribution in [-0.2, 0) is 6.54 Å². The predicted octanol–water partition coefficient (Wildman–Crippen LogP) is 3.73. The van der Waals surface area contributed by atoms with Gasteiger partial charge in [-0.05, 0) is 28.3 Å². The first-order valence-electron chi connectivity index (χ1n) is 6.78. The Kier molecular flexibility index (Phi) is 4.54. The van der Waals surface area contributed by atoms with Crippen molar-refractivity contribution in [1.82, 2.24) is 5.32 Å². The summed E-state index contributed by atoms with van der Waals surface area (Å²) < 4.78 is 0. The van der Waals surface area contributed by atoms with E-state index >= 15 is 0 Å². The van der Waals surface area contributed by atoms with E-state index < -0.39 is 0 Å². The molecule has 0 aromatic heterocycles. The maximum Gasteiger partial charge on any atom is 0.0671 e. The summed E-state index contributed by atoms with van der Waals surface area (Å²) >= 11 is 0. The van der Waals surface area contributed by atoms with Crippen molar-refractivity contribution in [2.45, 2.75) is 20.4 Å². The number of nitrogens with zero attached hydrogens (tertiary/aromatic N) is 1. The maximum absolute atomic E-state index is 9.04. The van der Waals surface area contributed by atoms with Gasteiger partial charge in [-0.15, -0.1) is 0 Å². The minimum atomic E-state index is 0.0838. The van der Waals surface area contributed by atoms with Crippen molar-refractivity contribution < 1.29 is 0 Å². The molecule has 1 atom stereocenters. The van der Waals surface area contributed by atoms with Crippen LogP contribution in [0.4, 0.5) is 0 Å². The molecule has 0 aliphatic heterocycles. The SMILES string of the molecule is CC(C)C(C#N)CNCc1ccc2ccccc2c1. The smallest absolute Gasteiger partial charge is 0.0671 e. The average molecular weight is 252 g/mol. The molecule has 0 fully saturated rings. The molecule has 0 spiro atoms.